The van der Waals surface area contributed by atoms with E-state index in [0.29, 0.717) is 24.9 Å². The molecule has 0 bridgehead atoms. The van der Waals surface area contributed by atoms with E-state index in [1.165, 1.54) is 5.56 Å². The van der Waals surface area contributed by atoms with E-state index >= 15 is 0 Å². The molecule has 1 N–H and O–H groups in total. The predicted octanol–water partition coefficient (Wildman–Crippen LogP) is 2.64. The molecule has 1 fully saturated rings. The van der Waals surface area contributed by atoms with Crippen LogP contribution in [0.1, 0.15) is 36.7 Å². The Morgan fingerprint density at radius 3 is 2.61 bits per heavy atom. The van der Waals surface area contributed by atoms with Crippen molar-refractivity contribution in [3.8, 4) is 0 Å². The fourth-order valence-corrected chi connectivity index (χ4v) is 3.38. The van der Waals surface area contributed by atoms with Crippen LogP contribution in [0.2, 0.25) is 0 Å². The van der Waals surface area contributed by atoms with Gasteiger partial charge in [0.1, 0.15) is 0 Å². The summed E-state index contributed by atoms with van der Waals surface area (Å²) in [4.78, 5) is 21.4. The number of nitrogens with zero attached hydrogens (tertiary/aromatic N) is 4. The lowest BCUT2D eigenvalue weighted by atomic mass is 10.1. The van der Waals surface area contributed by atoms with E-state index in [1.807, 2.05) is 19.1 Å². The van der Waals surface area contributed by atoms with Gasteiger partial charge in [-0.3, -0.25) is 14.6 Å². The molecule has 1 aromatic carbocycles. The van der Waals surface area contributed by atoms with Gasteiger partial charge >= 0.3 is 0 Å². The predicted molar refractivity (Wildman–Crippen MR) is 109 cm³/mol. The molecule has 1 aliphatic heterocycles. The monoisotopic (exact) mass is 385 g/mol. The number of nitrogens with one attached hydrogen (secondary N) is 1. The second-order valence-corrected chi connectivity index (χ2v) is 8.05. The van der Waals surface area contributed by atoms with Crippen LogP contribution in [0.4, 0.5) is 5.69 Å². The van der Waals surface area contributed by atoms with Crippen molar-refractivity contribution in [1.82, 2.24) is 19.9 Å². The second kappa shape index (κ2) is 9.30. The molecule has 1 aliphatic rings. The number of piperazine rings is 1. The molecule has 0 radical (unpaired) electrons. The molecule has 0 spiro atoms. The van der Waals surface area contributed by atoms with Crippen LogP contribution in [0.3, 0.4) is 0 Å². The Morgan fingerprint density at radius 1 is 1.18 bits per heavy atom. The number of amides is 1. The SMILES string of the molecule is Cc1cccc(NC(=O)CN2CCN(Cc3nc(CC(C)C)no3)CC2)c1C. The quantitative estimate of drug-likeness (QED) is 0.790. The molecule has 0 aliphatic carbocycles. The highest BCUT2D eigenvalue weighted by atomic mass is 16.5. The summed E-state index contributed by atoms with van der Waals surface area (Å²) >= 11 is 0. The molecule has 1 aromatic heterocycles. The van der Waals surface area contributed by atoms with Gasteiger partial charge in [0.25, 0.3) is 0 Å². The van der Waals surface area contributed by atoms with Crippen LogP contribution in [0.25, 0.3) is 0 Å². The minimum atomic E-state index is 0.0392. The Bertz CT molecular complexity index is 794. The van der Waals surface area contributed by atoms with Crippen LogP contribution in [-0.4, -0.2) is 58.6 Å². The van der Waals surface area contributed by atoms with E-state index in [4.69, 9.17) is 4.52 Å². The highest BCUT2D eigenvalue weighted by Crippen LogP contribution is 2.18. The van der Waals surface area contributed by atoms with Crippen LogP contribution in [-0.2, 0) is 17.8 Å². The van der Waals surface area contributed by atoms with Gasteiger partial charge < -0.3 is 9.84 Å². The summed E-state index contributed by atoms with van der Waals surface area (Å²) in [5, 5.41) is 7.09. The van der Waals surface area contributed by atoms with E-state index in [1.54, 1.807) is 0 Å². The van der Waals surface area contributed by atoms with Crippen molar-refractivity contribution in [3.05, 3.63) is 41.0 Å². The van der Waals surface area contributed by atoms with Gasteiger partial charge in [-0.1, -0.05) is 31.1 Å². The Hall–Kier alpha value is -2.25. The van der Waals surface area contributed by atoms with Gasteiger partial charge in [-0.05, 0) is 37.0 Å². The first-order valence-electron chi connectivity index (χ1n) is 10.0. The first-order chi connectivity index (χ1) is 13.4. The summed E-state index contributed by atoms with van der Waals surface area (Å²) in [6, 6.07) is 5.98. The molecule has 3 rings (SSSR count). The molecule has 2 heterocycles. The normalized spacial score (nSPS) is 15.9. The van der Waals surface area contributed by atoms with Crippen LogP contribution in [0.15, 0.2) is 22.7 Å². The Kier molecular flexibility index (Phi) is 6.80. The third-order valence-corrected chi connectivity index (χ3v) is 5.17. The number of hydrogen-bond acceptors (Lipinski definition) is 6. The number of aryl methyl sites for hydroxylation is 1. The Morgan fingerprint density at radius 2 is 1.89 bits per heavy atom. The zero-order valence-corrected chi connectivity index (χ0v) is 17.4. The van der Waals surface area contributed by atoms with Gasteiger partial charge in [0.05, 0.1) is 13.1 Å². The zero-order chi connectivity index (χ0) is 20.1. The molecular formula is C21H31N5O2. The molecule has 28 heavy (non-hydrogen) atoms. The van der Waals surface area contributed by atoms with Crippen LogP contribution in [0, 0.1) is 19.8 Å². The van der Waals surface area contributed by atoms with Crippen molar-refractivity contribution in [2.24, 2.45) is 5.92 Å². The van der Waals surface area contributed by atoms with Crippen molar-refractivity contribution < 1.29 is 9.32 Å². The minimum Gasteiger partial charge on any atom is -0.338 e. The Balaban J connectivity index is 1.43. The maximum atomic E-state index is 12.4. The number of carbonyl (C=O) groups is 1. The minimum absolute atomic E-state index is 0.0392. The topological polar surface area (TPSA) is 74.5 Å². The lowest BCUT2D eigenvalue weighted by Gasteiger charge is -2.33. The number of rotatable bonds is 7. The van der Waals surface area contributed by atoms with Crippen molar-refractivity contribution in [1.29, 1.82) is 0 Å². The fourth-order valence-electron chi connectivity index (χ4n) is 3.38. The molecule has 0 atom stereocenters. The summed E-state index contributed by atoms with van der Waals surface area (Å²) in [5.74, 6) is 2.02. The number of benzene rings is 1. The maximum absolute atomic E-state index is 12.4. The van der Waals surface area contributed by atoms with E-state index < -0.39 is 0 Å². The van der Waals surface area contributed by atoms with Gasteiger partial charge in [0.2, 0.25) is 11.8 Å². The largest absolute Gasteiger partial charge is 0.338 e. The smallest absolute Gasteiger partial charge is 0.240 e. The first kappa shape index (κ1) is 20.5. The molecule has 2 aromatic rings. The molecule has 152 valence electrons. The summed E-state index contributed by atoms with van der Waals surface area (Å²) < 4.78 is 5.37. The van der Waals surface area contributed by atoms with E-state index in [9.17, 15) is 4.79 Å². The van der Waals surface area contributed by atoms with Gasteiger partial charge in [-0.2, -0.15) is 4.98 Å². The third kappa shape index (κ3) is 5.62. The molecule has 0 unspecified atom stereocenters. The summed E-state index contributed by atoms with van der Waals surface area (Å²) in [6.07, 6.45) is 0.840. The van der Waals surface area contributed by atoms with Crippen molar-refractivity contribution >= 4 is 11.6 Å². The summed E-state index contributed by atoms with van der Waals surface area (Å²) in [5.41, 5.74) is 3.21. The van der Waals surface area contributed by atoms with Gasteiger partial charge in [-0.25, -0.2) is 0 Å². The highest BCUT2D eigenvalue weighted by molar-refractivity contribution is 5.93. The molecule has 7 heteroatoms. The molecular weight excluding hydrogens is 354 g/mol. The van der Waals surface area contributed by atoms with Gasteiger partial charge in [0.15, 0.2) is 5.82 Å². The van der Waals surface area contributed by atoms with Crippen LogP contribution in [0.5, 0.6) is 0 Å². The average Bonchev–Trinajstić information content (AvgIpc) is 3.07. The van der Waals surface area contributed by atoms with E-state index in [0.717, 1.165) is 49.7 Å². The van der Waals surface area contributed by atoms with Gasteiger partial charge in [-0.15, -0.1) is 0 Å². The van der Waals surface area contributed by atoms with Crippen LogP contribution < -0.4 is 5.32 Å². The van der Waals surface area contributed by atoms with E-state index in [-0.39, 0.29) is 5.91 Å². The number of carbonyl (C=O) groups excluding carboxylic acids is 1. The standard InChI is InChI=1S/C21H31N5O2/c1-15(2)12-19-23-21(28-24-19)14-26-10-8-25(9-11-26)13-20(27)22-18-7-5-6-16(3)17(18)4/h5-7,15H,8-14H2,1-4H3,(H,22,27). The Labute approximate surface area is 167 Å². The van der Waals surface area contributed by atoms with E-state index in [2.05, 4.69) is 52.1 Å². The van der Waals surface area contributed by atoms with Gasteiger partial charge in [0, 0.05) is 38.3 Å². The van der Waals surface area contributed by atoms with Crippen molar-refractivity contribution in [2.75, 3.05) is 38.0 Å². The maximum Gasteiger partial charge on any atom is 0.240 e. The molecule has 1 saturated heterocycles. The number of aromatic nitrogens is 2. The van der Waals surface area contributed by atoms with Crippen molar-refractivity contribution in [3.63, 3.8) is 0 Å². The lowest BCUT2D eigenvalue weighted by molar-refractivity contribution is -0.117. The summed E-state index contributed by atoms with van der Waals surface area (Å²) in [6.45, 7) is 13.0. The van der Waals surface area contributed by atoms with Crippen molar-refractivity contribution in [2.45, 2.75) is 40.7 Å². The average molecular weight is 386 g/mol. The number of anilines is 1. The third-order valence-electron chi connectivity index (χ3n) is 5.17. The molecule has 7 nitrogen and oxygen atoms in total. The number of hydrogen-bond donors (Lipinski definition) is 1. The summed E-state index contributed by atoms with van der Waals surface area (Å²) in [7, 11) is 0. The zero-order valence-electron chi connectivity index (χ0n) is 17.4. The first-order valence-corrected chi connectivity index (χ1v) is 10.0. The molecule has 0 saturated carbocycles. The van der Waals surface area contributed by atoms with Crippen LogP contribution >= 0.6 is 0 Å². The second-order valence-electron chi connectivity index (χ2n) is 8.05. The molecule has 1 amide bonds. The highest BCUT2D eigenvalue weighted by Gasteiger charge is 2.21. The fraction of sp³-hybridized carbons (Fsp3) is 0.571. The lowest BCUT2D eigenvalue weighted by Crippen LogP contribution is -2.48.